The van der Waals surface area contributed by atoms with Crippen molar-refractivity contribution in [1.29, 1.82) is 0 Å². The second kappa shape index (κ2) is 9.05. The number of benzene rings is 1. The Morgan fingerprint density at radius 3 is 2.60 bits per heavy atom. The fourth-order valence-corrected chi connectivity index (χ4v) is 4.95. The van der Waals surface area contributed by atoms with E-state index in [-0.39, 0.29) is 11.9 Å². The van der Waals surface area contributed by atoms with Gasteiger partial charge >= 0.3 is 0 Å². The maximum absolute atomic E-state index is 12.2. The predicted molar refractivity (Wildman–Crippen MR) is 131 cm³/mol. The van der Waals surface area contributed by atoms with Crippen molar-refractivity contribution in [2.75, 3.05) is 11.1 Å². The summed E-state index contributed by atoms with van der Waals surface area (Å²) in [5.41, 5.74) is 9.01. The highest BCUT2D eigenvalue weighted by Gasteiger charge is 2.35. The summed E-state index contributed by atoms with van der Waals surface area (Å²) in [7, 11) is 0. The number of anilines is 2. The lowest BCUT2D eigenvalue weighted by Gasteiger charge is -2.32. The molecule has 5 rings (SSSR count). The summed E-state index contributed by atoms with van der Waals surface area (Å²) in [6.07, 6.45) is 4.60. The van der Waals surface area contributed by atoms with Gasteiger partial charge < -0.3 is 10.5 Å². The molecule has 0 bridgehead atoms. The molecule has 11 heteroatoms. The van der Waals surface area contributed by atoms with E-state index in [9.17, 15) is 4.79 Å². The van der Waals surface area contributed by atoms with Gasteiger partial charge in [-0.15, -0.1) is 5.10 Å². The molecule has 4 N–H and O–H groups in total. The third-order valence-electron chi connectivity index (χ3n) is 6.71. The Bertz CT molecular complexity index is 1240. The van der Waals surface area contributed by atoms with Crippen molar-refractivity contribution in [2.24, 2.45) is 10.9 Å². The van der Waals surface area contributed by atoms with E-state index in [0.717, 1.165) is 37.0 Å². The molecule has 1 aliphatic carbocycles. The van der Waals surface area contributed by atoms with Crippen LogP contribution in [0.4, 0.5) is 17.5 Å². The number of aromatic amines is 1. The first-order valence-corrected chi connectivity index (χ1v) is 11.8. The number of hydrogen-bond acceptors (Lipinski definition) is 9. The minimum Gasteiger partial charge on any atom is -0.463 e. The van der Waals surface area contributed by atoms with E-state index in [1.54, 1.807) is 6.92 Å². The number of nitrogen functional groups attached to an aromatic ring is 1. The molecule has 11 nitrogen and oxygen atoms in total. The van der Waals surface area contributed by atoms with Gasteiger partial charge in [0.2, 0.25) is 11.8 Å². The number of H-pyrrole nitrogens is 1. The van der Waals surface area contributed by atoms with Crippen molar-refractivity contribution in [1.82, 2.24) is 30.6 Å². The lowest BCUT2D eigenvalue weighted by molar-refractivity contribution is -0.117. The number of ether oxygens (including phenoxy) is 1. The second-order valence-electron chi connectivity index (χ2n) is 9.71. The molecule has 0 saturated heterocycles. The van der Waals surface area contributed by atoms with Gasteiger partial charge in [0, 0.05) is 12.0 Å². The molecule has 0 atom stereocenters. The Morgan fingerprint density at radius 2 is 1.91 bits per heavy atom. The molecule has 0 radical (unpaired) electrons. The van der Waals surface area contributed by atoms with E-state index in [1.165, 1.54) is 5.56 Å². The first-order valence-electron chi connectivity index (χ1n) is 11.8. The Labute approximate surface area is 203 Å². The maximum Gasteiger partial charge on any atom is 0.269 e. The number of aromatic nitrogens is 6. The fraction of sp³-hybridized carbons (Fsp3) is 0.458. The second-order valence-corrected chi connectivity index (χ2v) is 9.71. The maximum atomic E-state index is 12.2. The summed E-state index contributed by atoms with van der Waals surface area (Å²) in [5, 5.41) is 16.0. The number of carbonyl (C=O) groups excluding carboxylic acids is 1. The largest absolute Gasteiger partial charge is 0.463 e. The summed E-state index contributed by atoms with van der Waals surface area (Å²) >= 11 is 0. The molecule has 1 amide bonds. The van der Waals surface area contributed by atoms with E-state index < -0.39 is 5.60 Å². The van der Waals surface area contributed by atoms with Crippen molar-refractivity contribution in [2.45, 2.75) is 64.4 Å². The van der Waals surface area contributed by atoms with Crippen LogP contribution in [0.3, 0.4) is 0 Å². The Hall–Kier alpha value is -3.89. The average Bonchev–Trinajstić information content (AvgIpc) is 3.31. The molecule has 1 aliphatic heterocycles. The molecule has 2 aliphatic rings. The SMILES string of the molecule is Cc1nc(N)c2c(n1)OC(C)(C)C(c1ccc([C@H]3CC[C@H](CC(=O)Nc4nn[nH]n4)CC3)cc1)=N2. The van der Waals surface area contributed by atoms with E-state index in [2.05, 4.69) is 60.2 Å². The van der Waals surface area contributed by atoms with E-state index in [1.807, 2.05) is 13.8 Å². The quantitative estimate of drug-likeness (QED) is 0.506. The molecule has 0 unspecified atom stereocenters. The van der Waals surface area contributed by atoms with Gasteiger partial charge in [-0.05, 0) is 69.1 Å². The zero-order chi connectivity index (χ0) is 24.6. The molecule has 2 aromatic heterocycles. The number of nitrogens with one attached hydrogen (secondary N) is 2. The van der Waals surface area contributed by atoms with Crippen LogP contribution in [-0.4, -0.2) is 47.8 Å². The molecule has 0 spiro atoms. The molecular formula is C24H29N9O2. The van der Waals surface area contributed by atoms with Crippen molar-refractivity contribution in [3.8, 4) is 5.88 Å². The molecule has 182 valence electrons. The van der Waals surface area contributed by atoms with Crippen LogP contribution in [0.5, 0.6) is 5.88 Å². The lowest BCUT2D eigenvalue weighted by Crippen LogP contribution is -2.41. The number of aliphatic imine (C=N–C) groups is 1. The Kier molecular flexibility index (Phi) is 5.91. The molecule has 1 fully saturated rings. The third-order valence-corrected chi connectivity index (χ3v) is 6.71. The standard InChI is InChI=1S/C24H29N9O2/c1-13-26-21(25)19-22(27-13)35-24(2,3)20(29-19)17-10-8-16(9-11-17)15-6-4-14(5-7-15)12-18(34)28-23-30-32-33-31-23/h8-11,14-15H,4-7,12H2,1-3H3,(H2,25,26,27)(H2,28,30,31,32,33,34)/t14-,15-. The zero-order valence-electron chi connectivity index (χ0n) is 20.1. The van der Waals surface area contributed by atoms with E-state index in [0.29, 0.717) is 41.5 Å². The van der Waals surface area contributed by atoms with Crippen molar-refractivity contribution < 1.29 is 9.53 Å². The smallest absolute Gasteiger partial charge is 0.269 e. The number of hydrogen-bond donors (Lipinski definition) is 3. The highest BCUT2D eigenvalue weighted by Crippen LogP contribution is 2.40. The van der Waals surface area contributed by atoms with Crippen LogP contribution in [0.1, 0.15) is 68.8 Å². The molecule has 3 heterocycles. The van der Waals surface area contributed by atoms with Gasteiger partial charge in [-0.3, -0.25) is 10.1 Å². The number of aryl methyl sites for hydroxylation is 1. The first kappa shape index (κ1) is 22.9. The van der Waals surface area contributed by atoms with E-state index >= 15 is 0 Å². The number of nitrogens with two attached hydrogens (primary N) is 1. The van der Waals surface area contributed by atoms with Crippen LogP contribution in [0.25, 0.3) is 0 Å². The van der Waals surface area contributed by atoms with Crippen molar-refractivity contribution >= 4 is 29.1 Å². The minimum absolute atomic E-state index is 0.0694. The molecule has 3 aromatic rings. The number of carbonyl (C=O) groups is 1. The Balaban J connectivity index is 1.24. The number of tetrazole rings is 1. The number of amides is 1. The Morgan fingerprint density at radius 1 is 1.17 bits per heavy atom. The number of rotatable bonds is 5. The van der Waals surface area contributed by atoms with Gasteiger partial charge in [0.1, 0.15) is 11.4 Å². The van der Waals surface area contributed by atoms with Gasteiger partial charge in [0.05, 0.1) is 5.71 Å². The van der Waals surface area contributed by atoms with Crippen LogP contribution in [0, 0.1) is 12.8 Å². The van der Waals surface area contributed by atoms with Gasteiger partial charge in [-0.2, -0.15) is 10.2 Å². The molecule has 1 aromatic carbocycles. The lowest BCUT2D eigenvalue weighted by atomic mass is 9.77. The first-order chi connectivity index (χ1) is 16.8. The summed E-state index contributed by atoms with van der Waals surface area (Å²) in [6.45, 7) is 5.74. The van der Waals surface area contributed by atoms with Crippen LogP contribution >= 0.6 is 0 Å². The molecule has 1 saturated carbocycles. The summed E-state index contributed by atoms with van der Waals surface area (Å²) in [6, 6.07) is 8.54. The van der Waals surface area contributed by atoms with Crippen LogP contribution < -0.4 is 15.8 Å². The zero-order valence-corrected chi connectivity index (χ0v) is 20.1. The molecular weight excluding hydrogens is 446 g/mol. The van der Waals surface area contributed by atoms with Crippen LogP contribution in [0.15, 0.2) is 29.3 Å². The van der Waals surface area contributed by atoms with Gasteiger partial charge in [0.15, 0.2) is 11.5 Å². The van der Waals surface area contributed by atoms with Crippen LogP contribution in [0.2, 0.25) is 0 Å². The third kappa shape index (κ3) is 4.84. The summed E-state index contributed by atoms with van der Waals surface area (Å²) in [4.78, 5) is 25.6. The van der Waals surface area contributed by atoms with Crippen molar-refractivity contribution in [3.63, 3.8) is 0 Å². The topological polar surface area (TPSA) is 157 Å². The predicted octanol–water partition coefficient (Wildman–Crippen LogP) is 3.47. The fourth-order valence-electron chi connectivity index (χ4n) is 4.95. The van der Waals surface area contributed by atoms with E-state index in [4.69, 9.17) is 15.5 Å². The average molecular weight is 476 g/mol. The monoisotopic (exact) mass is 475 g/mol. The van der Waals surface area contributed by atoms with Crippen LogP contribution in [-0.2, 0) is 4.79 Å². The van der Waals surface area contributed by atoms with Gasteiger partial charge in [-0.1, -0.05) is 29.4 Å². The highest BCUT2D eigenvalue weighted by atomic mass is 16.5. The van der Waals surface area contributed by atoms with Crippen molar-refractivity contribution in [3.05, 3.63) is 41.2 Å². The molecule has 35 heavy (non-hydrogen) atoms. The number of fused-ring (bicyclic) bond motifs is 1. The number of nitrogens with zero attached hydrogens (tertiary/aromatic N) is 6. The summed E-state index contributed by atoms with van der Waals surface area (Å²) in [5.74, 6) is 2.29. The minimum atomic E-state index is -0.651. The summed E-state index contributed by atoms with van der Waals surface area (Å²) < 4.78 is 6.16. The normalized spacial score (nSPS) is 20.9. The van der Waals surface area contributed by atoms with Gasteiger partial charge in [-0.25, -0.2) is 9.98 Å². The van der Waals surface area contributed by atoms with Gasteiger partial charge in [0.25, 0.3) is 5.95 Å². The highest BCUT2D eigenvalue weighted by molar-refractivity contribution is 6.09.